The zero-order valence-corrected chi connectivity index (χ0v) is 21.0. The molecule has 0 aliphatic carbocycles. The van der Waals surface area contributed by atoms with Gasteiger partial charge in [0.2, 0.25) is 0 Å². The Morgan fingerprint density at radius 1 is 1.26 bits per heavy atom. The summed E-state index contributed by atoms with van der Waals surface area (Å²) in [4.78, 5) is 7.03. The number of hydrogen-bond donors (Lipinski definition) is 3. The van der Waals surface area contributed by atoms with E-state index in [1.807, 2.05) is 6.92 Å². The van der Waals surface area contributed by atoms with Crippen LogP contribution in [0.4, 0.5) is 8.78 Å². The van der Waals surface area contributed by atoms with Crippen LogP contribution in [0.2, 0.25) is 0 Å². The van der Waals surface area contributed by atoms with Gasteiger partial charge >= 0.3 is 6.61 Å². The van der Waals surface area contributed by atoms with Gasteiger partial charge in [0, 0.05) is 26.2 Å². The van der Waals surface area contributed by atoms with Gasteiger partial charge in [0.25, 0.3) is 0 Å². The predicted molar refractivity (Wildman–Crippen MR) is 131 cm³/mol. The van der Waals surface area contributed by atoms with Gasteiger partial charge in [-0.2, -0.15) is 8.78 Å². The number of ether oxygens (including phenoxy) is 1. The number of piperidine rings is 1. The standard InChI is InChI=1S/C22H36F2N4O2.HI/c1-4-25-22(26-12-17-6-5-11-28(15-17)14-16(2)3)27-13-20(29)18-7-9-19(10-8-18)30-21(23)24;/h7-10,16-17,20-21,29H,4-6,11-15H2,1-3H3,(H2,25,26,27);1H. The maximum atomic E-state index is 12.2. The number of nitrogens with zero attached hydrogens (tertiary/aromatic N) is 2. The molecule has 0 bridgehead atoms. The Labute approximate surface area is 201 Å². The number of hydrogen-bond acceptors (Lipinski definition) is 4. The molecule has 2 unspecified atom stereocenters. The van der Waals surface area contributed by atoms with E-state index in [1.54, 1.807) is 12.1 Å². The summed E-state index contributed by atoms with van der Waals surface area (Å²) in [6.07, 6.45) is 1.60. The molecule has 1 saturated heterocycles. The topological polar surface area (TPSA) is 69.1 Å². The molecule has 0 amide bonds. The number of aliphatic hydroxyl groups is 1. The van der Waals surface area contributed by atoms with E-state index >= 15 is 0 Å². The van der Waals surface area contributed by atoms with E-state index in [2.05, 4.69) is 39.1 Å². The van der Waals surface area contributed by atoms with Gasteiger partial charge in [0.15, 0.2) is 5.96 Å². The Balaban J connectivity index is 0.00000480. The molecule has 2 rings (SSSR count). The largest absolute Gasteiger partial charge is 0.435 e. The van der Waals surface area contributed by atoms with Crippen molar-refractivity contribution in [2.75, 3.05) is 39.3 Å². The summed E-state index contributed by atoms with van der Waals surface area (Å²) in [5.41, 5.74) is 0.604. The molecular formula is C22H37F2IN4O2. The van der Waals surface area contributed by atoms with Crippen LogP contribution in [0.15, 0.2) is 29.3 Å². The Morgan fingerprint density at radius 3 is 2.58 bits per heavy atom. The van der Waals surface area contributed by atoms with Crippen LogP contribution < -0.4 is 15.4 Å². The van der Waals surface area contributed by atoms with Crippen molar-refractivity contribution in [3.8, 4) is 5.75 Å². The second-order valence-corrected chi connectivity index (χ2v) is 8.23. The van der Waals surface area contributed by atoms with Gasteiger partial charge in [0.1, 0.15) is 5.75 Å². The van der Waals surface area contributed by atoms with E-state index in [0.717, 1.165) is 26.2 Å². The van der Waals surface area contributed by atoms with Crippen molar-refractivity contribution >= 4 is 29.9 Å². The molecule has 1 fully saturated rings. The van der Waals surface area contributed by atoms with Crippen LogP contribution in [0.5, 0.6) is 5.75 Å². The molecule has 2 atom stereocenters. The van der Waals surface area contributed by atoms with E-state index in [0.29, 0.717) is 23.4 Å². The lowest BCUT2D eigenvalue weighted by Gasteiger charge is -2.34. The number of alkyl halides is 2. The van der Waals surface area contributed by atoms with Gasteiger partial charge in [-0.15, -0.1) is 24.0 Å². The van der Waals surface area contributed by atoms with Crippen molar-refractivity contribution in [3.05, 3.63) is 29.8 Å². The summed E-state index contributed by atoms with van der Waals surface area (Å²) in [5, 5.41) is 17.0. The lowest BCUT2D eigenvalue weighted by molar-refractivity contribution is -0.0498. The number of halogens is 3. The molecule has 0 aromatic heterocycles. The molecule has 6 nitrogen and oxygen atoms in total. The SMILES string of the molecule is CCNC(=NCC(O)c1ccc(OC(F)F)cc1)NCC1CCCN(CC(C)C)C1.I. The first-order valence-electron chi connectivity index (χ1n) is 10.8. The van der Waals surface area contributed by atoms with E-state index in [1.165, 1.54) is 31.5 Å². The number of aliphatic imine (C=N–C) groups is 1. The lowest BCUT2D eigenvalue weighted by Crippen LogP contribution is -2.45. The third-order valence-corrected chi connectivity index (χ3v) is 5.04. The van der Waals surface area contributed by atoms with Crippen molar-refractivity contribution in [2.24, 2.45) is 16.8 Å². The van der Waals surface area contributed by atoms with E-state index in [9.17, 15) is 13.9 Å². The molecule has 1 heterocycles. The highest BCUT2D eigenvalue weighted by atomic mass is 127. The maximum Gasteiger partial charge on any atom is 0.387 e. The second-order valence-electron chi connectivity index (χ2n) is 8.23. The first-order chi connectivity index (χ1) is 14.4. The molecule has 0 spiro atoms. The molecule has 3 N–H and O–H groups in total. The van der Waals surface area contributed by atoms with Crippen LogP contribution in [-0.4, -0.2) is 61.8 Å². The quantitative estimate of drug-likeness (QED) is 0.233. The Bertz CT molecular complexity index is 647. The number of benzene rings is 1. The summed E-state index contributed by atoms with van der Waals surface area (Å²) < 4.78 is 28.8. The van der Waals surface area contributed by atoms with Crippen molar-refractivity contribution in [1.82, 2.24) is 15.5 Å². The van der Waals surface area contributed by atoms with Crippen LogP contribution in [0, 0.1) is 11.8 Å². The zero-order valence-electron chi connectivity index (χ0n) is 18.7. The van der Waals surface area contributed by atoms with Gasteiger partial charge in [-0.3, -0.25) is 4.99 Å². The number of nitrogens with one attached hydrogen (secondary N) is 2. The second kappa shape index (κ2) is 14.8. The molecule has 178 valence electrons. The van der Waals surface area contributed by atoms with Crippen molar-refractivity contribution < 1.29 is 18.6 Å². The summed E-state index contributed by atoms with van der Waals surface area (Å²) >= 11 is 0. The summed E-state index contributed by atoms with van der Waals surface area (Å²) in [7, 11) is 0. The fraction of sp³-hybridized carbons (Fsp3) is 0.682. The molecular weight excluding hydrogens is 517 g/mol. The Kier molecular flexibility index (Phi) is 13.3. The van der Waals surface area contributed by atoms with Crippen molar-refractivity contribution in [2.45, 2.75) is 46.3 Å². The van der Waals surface area contributed by atoms with Crippen molar-refractivity contribution in [1.29, 1.82) is 0 Å². The molecule has 1 aromatic rings. The maximum absolute atomic E-state index is 12.2. The number of rotatable bonds is 10. The monoisotopic (exact) mass is 554 g/mol. The first kappa shape index (κ1) is 27.8. The summed E-state index contributed by atoms with van der Waals surface area (Å²) in [5.74, 6) is 2.00. The minimum absolute atomic E-state index is 0. The van der Waals surface area contributed by atoms with E-state index in [4.69, 9.17) is 0 Å². The van der Waals surface area contributed by atoms with Gasteiger partial charge < -0.3 is 25.4 Å². The minimum Gasteiger partial charge on any atom is -0.435 e. The number of likely N-dealkylation sites (tertiary alicyclic amines) is 1. The normalized spacial score (nSPS) is 18.6. The molecule has 0 saturated carbocycles. The van der Waals surface area contributed by atoms with Crippen LogP contribution in [0.25, 0.3) is 0 Å². The summed E-state index contributed by atoms with van der Waals surface area (Å²) in [6.45, 7) is 8.80. The zero-order chi connectivity index (χ0) is 21.9. The van der Waals surface area contributed by atoms with Crippen LogP contribution in [0.3, 0.4) is 0 Å². The minimum atomic E-state index is -2.86. The Hall–Kier alpha value is -1.20. The van der Waals surface area contributed by atoms with E-state index in [-0.39, 0.29) is 36.3 Å². The Morgan fingerprint density at radius 2 is 1.97 bits per heavy atom. The predicted octanol–water partition coefficient (Wildman–Crippen LogP) is 3.86. The van der Waals surface area contributed by atoms with Crippen molar-refractivity contribution in [3.63, 3.8) is 0 Å². The fourth-order valence-corrected chi connectivity index (χ4v) is 3.74. The smallest absolute Gasteiger partial charge is 0.387 e. The van der Waals surface area contributed by atoms with Gasteiger partial charge in [-0.05, 0) is 55.8 Å². The number of aliphatic hydroxyl groups excluding tert-OH is 1. The molecule has 1 aromatic carbocycles. The molecule has 1 aliphatic heterocycles. The molecule has 0 radical (unpaired) electrons. The van der Waals surface area contributed by atoms with Gasteiger partial charge in [-0.1, -0.05) is 26.0 Å². The first-order valence-corrected chi connectivity index (χ1v) is 10.8. The van der Waals surface area contributed by atoms with E-state index < -0.39 is 12.7 Å². The number of guanidine groups is 1. The van der Waals surface area contributed by atoms with Crippen LogP contribution >= 0.6 is 24.0 Å². The van der Waals surface area contributed by atoms with Gasteiger partial charge in [-0.25, -0.2) is 0 Å². The average molecular weight is 554 g/mol. The molecule has 31 heavy (non-hydrogen) atoms. The highest BCUT2D eigenvalue weighted by Gasteiger charge is 2.20. The fourth-order valence-electron chi connectivity index (χ4n) is 3.74. The highest BCUT2D eigenvalue weighted by molar-refractivity contribution is 14.0. The van der Waals surface area contributed by atoms with Gasteiger partial charge in [0.05, 0.1) is 12.6 Å². The molecule has 1 aliphatic rings. The summed E-state index contributed by atoms with van der Waals surface area (Å²) in [6, 6.07) is 5.99. The highest BCUT2D eigenvalue weighted by Crippen LogP contribution is 2.20. The average Bonchev–Trinajstić information content (AvgIpc) is 2.70. The van der Waals surface area contributed by atoms with Crippen LogP contribution in [0.1, 0.15) is 45.3 Å². The third-order valence-electron chi connectivity index (χ3n) is 5.04. The third kappa shape index (κ3) is 10.8. The van der Waals surface area contributed by atoms with Crippen LogP contribution in [-0.2, 0) is 0 Å². The molecule has 9 heteroatoms. The lowest BCUT2D eigenvalue weighted by atomic mass is 9.97.